The number of hydrogen-bond donors (Lipinski definition) is 0. The van der Waals surface area contributed by atoms with E-state index in [9.17, 15) is 8.78 Å². The van der Waals surface area contributed by atoms with Crippen molar-refractivity contribution < 1.29 is 8.78 Å². The molecule has 0 aliphatic rings. The van der Waals surface area contributed by atoms with Crippen molar-refractivity contribution in [2.75, 3.05) is 0 Å². The van der Waals surface area contributed by atoms with E-state index in [0.717, 1.165) is 15.8 Å². The van der Waals surface area contributed by atoms with Crippen LogP contribution in [-0.4, -0.2) is 29.8 Å². The molecule has 0 unspecified atom stereocenters. The number of benzene rings is 1. The van der Waals surface area contributed by atoms with Gasteiger partial charge in [0.2, 0.25) is 5.16 Å². The third-order valence-corrected chi connectivity index (χ3v) is 3.89. The van der Waals surface area contributed by atoms with Crippen LogP contribution in [0, 0.1) is 6.92 Å². The minimum Gasteiger partial charge on any atom is -0.277 e. The van der Waals surface area contributed by atoms with Gasteiger partial charge in [-0.05, 0) is 35.0 Å². The highest BCUT2D eigenvalue weighted by Crippen LogP contribution is 2.24. The van der Waals surface area contributed by atoms with Crippen molar-refractivity contribution >= 4 is 11.8 Å². The lowest BCUT2D eigenvalue weighted by atomic mass is 10.2. The lowest BCUT2D eigenvalue weighted by Crippen LogP contribution is -2.03. The van der Waals surface area contributed by atoms with Gasteiger partial charge in [-0.2, -0.15) is 13.5 Å². The van der Waals surface area contributed by atoms with E-state index in [4.69, 9.17) is 0 Å². The summed E-state index contributed by atoms with van der Waals surface area (Å²) in [6.45, 7) is -0.633. The van der Waals surface area contributed by atoms with Gasteiger partial charge in [0.25, 0.3) is 0 Å². The number of rotatable bonds is 5. The van der Waals surface area contributed by atoms with Crippen LogP contribution in [0.5, 0.6) is 0 Å². The van der Waals surface area contributed by atoms with Gasteiger partial charge in [-0.25, -0.2) is 4.98 Å². The fraction of sp³-hybridized carbons (Fsp3) is 0.231. The van der Waals surface area contributed by atoms with Crippen LogP contribution in [-0.2, 0) is 5.75 Å². The van der Waals surface area contributed by atoms with Crippen molar-refractivity contribution in [2.24, 2.45) is 0 Å². The summed E-state index contributed by atoms with van der Waals surface area (Å²) < 4.78 is 28.0. The Morgan fingerprint density at radius 2 is 2.18 bits per heavy atom. The van der Waals surface area contributed by atoms with Crippen LogP contribution >= 0.6 is 11.8 Å². The maximum atomic E-state index is 12.8. The molecule has 114 valence electrons. The SMILES string of the molecule is Cc1cccc(-n2nnnc2SCc2nccn2C(F)F)c1. The van der Waals surface area contributed by atoms with Gasteiger partial charge in [-0.1, -0.05) is 23.9 Å². The maximum Gasteiger partial charge on any atom is 0.319 e. The quantitative estimate of drug-likeness (QED) is 0.676. The van der Waals surface area contributed by atoms with Crippen LogP contribution in [0.15, 0.2) is 41.8 Å². The molecule has 3 aromatic rings. The number of thioether (sulfide) groups is 1. The molecule has 22 heavy (non-hydrogen) atoms. The van der Waals surface area contributed by atoms with Gasteiger partial charge in [0.15, 0.2) is 0 Å². The Morgan fingerprint density at radius 1 is 1.32 bits per heavy atom. The monoisotopic (exact) mass is 322 g/mol. The van der Waals surface area contributed by atoms with Crippen LogP contribution in [0.25, 0.3) is 5.69 Å². The molecule has 1 aromatic carbocycles. The Kier molecular flexibility index (Phi) is 4.14. The molecule has 0 aliphatic heterocycles. The first-order valence-electron chi connectivity index (χ1n) is 6.43. The Bertz CT molecular complexity index is 769. The zero-order valence-electron chi connectivity index (χ0n) is 11.6. The first kappa shape index (κ1) is 14.6. The number of aryl methyl sites for hydroxylation is 1. The molecule has 3 rings (SSSR count). The van der Waals surface area contributed by atoms with Gasteiger partial charge in [0, 0.05) is 12.4 Å². The number of tetrazole rings is 1. The Balaban J connectivity index is 1.80. The zero-order chi connectivity index (χ0) is 15.5. The van der Waals surface area contributed by atoms with E-state index in [1.54, 1.807) is 4.68 Å². The summed E-state index contributed by atoms with van der Waals surface area (Å²) in [7, 11) is 0. The van der Waals surface area contributed by atoms with Crippen molar-refractivity contribution in [1.29, 1.82) is 0 Å². The van der Waals surface area contributed by atoms with Crippen molar-refractivity contribution in [1.82, 2.24) is 29.8 Å². The van der Waals surface area contributed by atoms with Crippen molar-refractivity contribution in [3.8, 4) is 5.69 Å². The normalized spacial score (nSPS) is 11.3. The Hall–Kier alpha value is -2.29. The van der Waals surface area contributed by atoms with Crippen molar-refractivity contribution in [2.45, 2.75) is 24.4 Å². The molecule has 0 aliphatic carbocycles. The van der Waals surface area contributed by atoms with Crippen LogP contribution < -0.4 is 0 Å². The predicted molar refractivity (Wildman–Crippen MR) is 76.9 cm³/mol. The lowest BCUT2D eigenvalue weighted by molar-refractivity contribution is 0.0678. The second-order valence-corrected chi connectivity index (χ2v) is 5.47. The molecule has 0 bridgehead atoms. The molecule has 0 saturated carbocycles. The molecule has 0 radical (unpaired) electrons. The molecule has 0 spiro atoms. The van der Waals surface area contributed by atoms with E-state index >= 15 is 0 Å². The average Bonchev–Trinajstić information content (AvgIpc) is 3.14. The lowest BCUT2D eigenvalue weighted by Gasteiger charge is -2.07. The predicted octanol–water partition coefficient (Wildman–Crippen LogP) is 2.85. The molecule has 0 saturated heterocycles. The molecule has 0 N–H and O–H groups in total. The first-order chi connectivity index (χ1) is 10.6. The second kappa shape index (κ2) is 6.22. The van der Waals surface area contributed by atoms with Crippen molar-refractivity contribution in [3.63, 3.8) is 0 Å². The van der Waals surface area contributed by atoms with E-state index in [1.165, 1.54) is 24.2 Å². The number of aromatic nitrogens is 6. The van der Waals surface area contributed by atoms with Crippen LogP contribution in [0.1, 0.15) is 17.9 Å². The molecule has 2 aromatic heterocycles. The van der Waals surface area contributed by atoms with Gasteiger partial charge in [0.1, 0.15) is 5.82 Å². The third-order valence-electron chi connectivity index (χ3n) is 2.98. The summed E-state index contributed by atoms with van der Waals surface area (Å²) in [6.07, 6.45) is 2.61. The summed E-state index contributed by atoms with van der Waals surface area (Å²) in [5, 5.41) is 12.1. The number of alkyl halides is 2. The maximum absolute atomic E-state index is 12.8. The number of imidazole rings is 1. The molecule has 6 nitrogen and oxygen atoms in total. The minimum absolute atomic E-state index is 0.254. The van der Waals surface area contributed by atoms with Gasteiger partial charge < -0.3 is 0 Å². The summed E-state index contributed by atoms with van der Waals surface area (Å²) in [4.78, 5) is 3.94. The van der Waals surface area contributed by atoms with E-state index in [1.807, 2.05) is 31.2 Å². The van der Waals surface area contributed by atoms with E-state index in [0.29, 0.717) is 5.16 Å². The smallest absolute Gasteiger partial charge is 0.277 e. The van der Waals surface area contributed by atoms with E-state index in [-0.39, 0.29) is 11.6 Å². The van der Waals surface area contributed by atoms with E-state index in [2.05, 4.69) is 20.5 Å². The summed E-state index contributed by atoms with van der Waals surface area (Å²) in [5.41, 5.74) is 1.90. The van der Waals surface area contributed by atoms with Gasteiger partial charge in [-0.15, -0.1) is 5.10 Å². The Morgan fingerprint density at radius 3 is 2.95 bits per heavy atom. The van der Waals surface area contributed by atoms with Gasteiger partial charge in [0.05, 0.1) is 11.4 Å². The minimum atomic E-state index is -2.61. The largest absolute Gasteiger partial charge is 0.319 e. The fourth-order valence-corrected chi connectivity index (χ4v) is 2.79. The molecule has 0 fully saturated rings. The van der Waals surface area contributed by atoms with Crippen molar-refractivity contribution in [3.05, 3.63) is 48.0 Å². The Labute approximate surface area is 129 Å². The van der Waals surface area contributed by atoms with Crippen LogP contribution in [0.2, 0.25) is 0 Å². The van der Waals surface area contributed by atoms with Crippen LogP contribution in [0.3, 0.4) is 0 Å². The number of halogens is 2. The summed E-state index contributed by atoms with van der Waals surface area (Å²) >= 11 is 1.25. The van der Waals surface area contributed by atoms with Crippen LogP contribution in [0.4, 0.5) is 8.78 Å². The molecular formula is C13H12F2N6S. The number of nitrogens with zero attached hydrogens (tertiary/aromatic N) is 6. The van der Waals surface area contributed by atoms with Gasteiger partial charge >= 0.3 is 6.55 Å². The first-order valence-corrected chi connectivity index (χ1v) is 7.42. The molecule has 0 amide bonds. The average molecular weight is 322 g/mol. The topological polar surface area (TPSA) is 61.4 Å². The standard InChI is InChI=1S/C13H12F2N6S/c1-9-3-2-4-10(7-9)21-13(17-18-19-21)22-8-11-16-5-6-20(11)12(14)15/h2-7,12H,8H2,1H3. The zero-order valence-corrected chi connectivity index (χ0v) is 12.4. The molecule has 2 heterocycles. The van der Waals surface area contributed by atoms with Gasteiger partial charge in [-0.3, -0.25) is 4.57 Å². The highest BCUT2D eigenvalue weighted by molar-refractivity contribution is 7.98. The highest BCUT2D eigenvalue weighted by atomic mass is 32.2. The van der Waals surface area contributed by atoms with E-state index < -0.39 is 6.55 Å². The summed E-state index contributed by atoms with van der Waals surface area (Å²) in [6, 6.07) is 7.71. The molecule has 0 atom stereocenters. The highest BCUT2D eigenvalue weighted by Gasteiger charge is 2.14. The third kappa shape index (κ3) is 2.98. The fourth-order valence-electron chi connectivity index (χ4n) is 1.95. The summed E-state index contributed by atoms with van der Waals surface area (Å²) in [5.74, 6) is 0.530. The molecular weight excluding hydrogens is 310 g/mol. The number of hydrogen-bond acceptors (Lipinski definition) is 5. The second-order valence-electron chi connectivity index (χ2n) is 4.53. The molecule has 9 heteroatoms.